The predicted octanol–water partition coefficient (Wildman–Crippen LogP) is 20.0. The number of anilines is 6. The standard InChI is InChI=1S/C69H42N2S2/c1-3-15-46(16-4-1)70(50-31-35-66-59(41-50)55-21-9-13-25-64(55)72-66)48-29-27-43-39-58-57-33-28-44-37-49(71(47-17-5-2-6-18-47)51-32-36-67-60(42-51)56-22-10-14-26-65(56)73-67)30-34-52(44)68(57)69(63(58)40-45(43)38-48)61-23-11-7-19-53(61)54-20-8-12-24-62(54)69/h1-42H. The van der Waals surface area contributed by atoms with Crippen molar-refractivity contribution in [3.63, 3.8) is 0 Å². The van der Waals surface area contributed by atoms with Crippen molar-refractivity contribution in [3.8, 4) is 22.3 Å². The molecular weight excluding hydrogens is 921 g/mol. The van der Waals surface area contributed by atoms with Gasteiger partial charge in [0, 0.05) is 74.5 Å². The first kappa shape index (κ1) is 40.9. The first-order chi connectivity index (χ1) is 36.2. The Labute approximate surface area is 430 Å². The van der Waals surface area contributed by atoms with Gasteiger partial charge in [-0.3, -0.25) is 0 Å². The summed E-state index contributed by atoms with van der Waals surface area (Å²) in [4.78, 5) is 4.85. The Morgan fingerprint density at radius 2 is 0.712 bits per heavy atom. The SMILES string of the molecule is c1ccc(N(c2ccc3cc4c(cc3c2)C2(c3ccccc3-c3ccccc32)c2c-4ccc3cc(N(c4ccccc4)c4ccc5sc6ccccc6c5c4)ccc23)c2ccc3sc4ccccc4c3c2)cc1. The molecule has 0 saturated heterocycles. The normalized spacial score (nSPS) is 13.0. The number of hydrogen-bond acceptors (Lipinski definition) is 4. The molecule has 2 nitrogen and oxygen atoms in total. The van der Waals surface area contributed by atoms with Crippen molar-refractivity contribution in [1.29, 1.82) is 0 Å². The number of thiophene rings is 2. The fourth-order valence-electron chi connectivity index (χ4n) is 12.7. The third kappa shape index (κ3) is 5.91. The van der Waals surface area contributed by atoms with Crippen molar-refractivity contribution in [2.24, 2.45) is 0 Å². The van der Waals surface area contributed by atoms with E-state index in [2.05, 4.69) is 265 Å². The van der Waals surface area contributed by atoms with Crippen LogP contribution >= 0.6 is 22.7 Å². The molecule has 14 aromatic rings. The number of nitrogens with zero attached hydrogens (tertiary/aromatic N) is 2. The van der Waals surface area contributed by atoms with Crippen molar-refractivity contribution < 1.29 is 0 Å². The van der Waals surface area contributed by atoms with Crippen LogP contribution in [0.4, 0.5) is 34.1 Å². The summed E-state index contributed by atoms with van der Waals surface area (Å²) < 4.78 is 5.23. The highest BCUT2D eigenvalue weighted by molar-refractivity contribution is 7.26. The van der Waals surface area contributed by atoms with E-state index in [4.69, 9.17) is 0 Å². The maximum Gasteiger partial charge on any atom is 0.0731 e. The smallest absolute Gasteiger partial charge is 0.0731 e. The molecule has 0 unspecified atom stereocenters. The Morgan fingerprint density at radius 1 is 0.247 bits per heavy atom. The molecule has 0 bridgehead atoms. The molecule has 0 fully saturated rings. The number of fused-ring (bicyclic) bond motifs is 19. The first-order valence-corrected chi connectivity index (χ1v) is 26.7. The zero-order chi connectivity index (χ0) is 47.8. The highest BCUT2D eigenvalue weighted by Crippen LogP contribution is 2.65. The third-order valence-corrected chi connectivity index (χ3v) is 18.1. The van der Waals surface area contributed by atoms with Gasteiger partial charge in [0.15, 0.2) is 0 Å². The van der Waals surface area contributed by atoms with E-state index in [-0.39, 0.29) is 0 Å². The monoisotopic (exact) mass is 962 g/mol. The van der Waals surface area contributed by atoms with E-state index < -0.39 is 5.41 Å². The van der Waals surface area contributed by atoms with E-state index in [1.165, 1.54) is 106 Å². The summed E-state index contributed by atoms with van der Waals surface area (Å²) in [5.74, 6) is 0. The molecule has 0 N–H and O–H groups in total. The third-order valence-electron chi connectivity index (χ3n) is 15.8. The Bertz CT molecular complexity index is 4540. The number of rotatable bonds is 6. The topological polar surface area (TPSA) is 6.48 Å². The lowest BCUT2D eigenvalue weighted by atomic mass is 9.69. The summed E-state index contributed by atoms with van der Waals surface area (Å²) in [5, 5.41) is 10.1. The molecule has 73 heavy (non-hydrogen) atoms. The molecule has 16 rings (SSSR count). The highest BCUT2D eigenvalue weighted by Gasteiger charge is 2.52. The predicted molar refractivity (Wildman–Crippen MR) is 313 cm³/mol. The molecule has 2 aromatic heterocycles. The van der Waals surface area contributed by atoms with Crippen LogP contribution in [0.5, 0.6) is 0 Å². The molecule has 0 amide bonds. The van der Waals surface area contributed by atoms with E-state index in [9.17, 15) is 0 Å². The molecule has 0 saturated carbocycles. The fraction of sp³-hybridized carbons (Fsp3) is 0.0145. The lowest BCUT2D eigenvalue weighted by Gasteiger charge is -2.32. The average Bonchev–Trinajstić information content (AvgIpc) is 4.28. The summed E-state index contributed by atoms with van der Waals surface area (Å²) >= 11 is 3.72. The van der Waals surface area contributed by atoms with Gasteiger partial charge in [-0.1, -0.05) is 146 Å². The Balaban J connectivity index is 0.906. The van der Waals surface area contributed by atoms with Gasteiger partial charge in [-0.05, 0) is 175 Å². The van der Waals surface area contributed by atoms with Crippen LogP contribution < -0.4 is 9.80 Å². The molecule has 0 radical (unpaired) electrons. The van der Waals surface area contributed by atoms with E-state index in [0.717, 1.165) is 34.1 Å². The van der Waals surface area contributed by atoms with Gasteiger partial charge < -0.3 is 9.80 Å². The first-order valence-electron chi connectivity index (χ1n) is 25.1. The largest absolute Gasteiger partial charge is 0.310 e. The summed E-state index contributed by atoms with van der Waals surface area (Å²) in [7, 11) is 0. The van der Waals surface area contributed by atoms with Gasteiger partial charge in [-0.2, -0.15) is 0 Å². The molecule has 0 atom stereocenters. The van der Waals surface area contributed by atoms with Crippen LogP contribution in [0.1, 0.15) is 22.3 Å². The van der Waals surface area contributed by atoms with Gasteiger partial charge in [0.25, 0.3) is 0 Å². The lowest BCUT2D eigenvalue weighted by molar-refractivity contribution is 0.802. The van der Waals surface area contributed by atoms with Gasteiger partial charge >= 0.3 is 0 Å². The maximum absolute atomic E-state index is 2.54. The minimum absolute atomic E-state index is 0.544. The summed E-state index contributed by atoms with van der Waals surface area (Å²) in [6.07, 6.45) is 0. The molecule has 2 heterocycles. The van der Waals surface area contributed by atoms with Gasteiger partial charge in [0.05, 0.1) is 5.41 Å². The van der Waals surface area contributed by atoms with Gasteiger partial charge in [-0.25, -0.2) is 0 Å². The second-order valence-electron chi connectivity index (χ2n) is 19.6. The van der Waals surface area contributed by atoms with Crippen molar-refractivity contribution in [2.75, 3.05) is 9.80 Å². The fourth-order valence-corrected chi connectivity index (χ4v) is 14.9. The quantitative estimate of drug-likeness (QED) is 0.164. The maximum atomic E-state index is 2.54. The number of para-hydroxylation sites is 2. The highest BCUT2D eigenvalue weighted by atomic mass is 32.1. The van der Waals surface area contributed by atoms with Crippen molar-refractivity contribution >= 4 is 119 Å². The molecular formula is C69H42N2S2. The Hall–Kier alpha value is -8.80. The van der Waals surface area contributed by atoms with Crippen LogP contribution in [0, 0.1) is 0 Å². The van der Waals surface area contributed by atoms with Crippen LogP contribution in [-0.4, -0.2) is 0 Å². The zero-order valence-corrected chi connectivity index (χ0v) is 41.1. The molecule has 4 heteroatoms. The zero-order valence-electron chi connectivity index (χ0n) is 39.5. The van der Waals surface area contributed by atoms with Crippen molar-refractivity contribution in [1.82, 2.24) is 0 Å². The number of benzene rings is 12. The van der Waals surface area contributed by atoms with Crippen molar-refractivity contribution in [2.45, 2.75) is 5.41 Å². The van der Waals surface area contributed by atoms with Crippen LogP contribution in [0.25, 0.3) is 84.1 Å². The number of hydrogen-bond donors (Lipinski definition) is 0. The summed E-state index contributed by atoms with van der Waals surface area (Å²) in [6.45, 7) is 0. The summed E-state index contributed by atoms with van der Waals surface area (Å²) in [6, 6.07) is 95.5. The van der Waals surface area contributed by atoms with Crippen LogP contribution in [0.2, 0.25) is 0 Å². The van der Waals surface area contributed by atoms with Gasteiger partial charge in [0.1, 0.15) is 0 Å². The van der Waals surface area contributed by atoms with Crippen molar-refractivity contribution in [3.05, 3.63) is 277 Å². The summed E-state index contributed by atoms with van der Waals surface area (Å²) in [5.41, 5.74) is 16.8. The van der Waals surface area contributed by atoms with E-state index in [0.29, 0.717) is 0 Å². The van der Waals surface area contributed by atoms with Crippen LogP contribution in [-0.2, 0) is 5.41 Å². The molecule has 2 aliphatic rings. The lowest BCUT2D eigenvalue weighted by Crippen LogP contribution is -2.26. The molecule has 340 valence electrons. The second-order valence-corrected chi connectivity index (χ2v) is 21.7. The van der Waals surface area contributed by atoms with Gasteiger partial charge in [-0.15, -0.1) is 22.7 Å². The Kier molecular flexibility index (Phi) is 8.74. The minimum Gasteiger partial charge on any atom is -0.310 e. The van der Waals surface area contributed by atoms with E-state index >= 15 is 0 Å². The van der Waals surface area contributed by atoms with Crippen LogP contribution in [0.3, 0.4) is 0 Å². The Morgan fingerprint density at radius 3 is 1.32 bits per heavy atom. The van der Waals surface area contributed by atoms with E-state index in [1.807, 2.05) is 22.7 Å². The molecule has 0 aliphatic heterocycles. The van der Waals surface area contributed by atoms with Crippen LogP contribution in [0.15, 0.2) is 255 Å². The second kappa shape index (κ2) is 15.6. The molecule has 12 aromatic carbocycles. The minimum atomic E-state index is -0.544. The average molecular weight is 963 g/mol. The molecule has 1 spiro atoms. The molecule has 2 aliphatic carbocycles. The van der Waals surface area contributed by atoms with E-state index in [1.54, 1.807) is 0 Å². The van der Waals surface area contributed by atoms with Gasteiger partial charge in [0.2, 0.25) is 0 Å².